The van der Waals surface area contributed by atoms with E-state index in [-0.39, 0.29) is 21.4 Å². The van der Waals surface area contributed by atoms with Crippen LogP contribution in [0.3, 0.4) is 0 Å². The Balaban J connectivity index is 2.22. The number of anilines is 1. The van der Waals surface area contributed by atoms with Gasteiger partial charge in [-0.05, 0) is 44.2 Å². The number of carbonyl (C=O) groups excluding carboxylic acids is 2. The molecule has 3 aromatic rings. The molecule has 8 nitrogen and oxygen atoms in total. The number of phenols is 1. The second kappa shape index (κ2) is 10.1. The van der Waals surface area contributed by atoms with Gasteiger partial charge < -0.3 is 14.6 Å². The number of hydrogen-bond acceptors (Lipinski definition) is 7. The first-order valence-corrected chi connectivity index (χ1v) is 12.0. The van der Waals surface area contributed by atoms with Crippen molar-refractivity contribution >= 4 is 38.2 Å². The van der Waals surface area contributed by atoms with Gasteiger partial charge in [-0.2, -0.15) is 13.2 Å². The Kier molecular flexibility index (Phi) is 7.48. The zero-order valence-corrected chi connectivity index (χ0v) is 20.1. The number of esters is 1. The standard InChI is InChI=1S/C24H22F3NO7S/c1-13(2)35-23(31)20(22(30)24(25,26)27)18-12-19(16-6-4-5-7-17(16)21(18)29)28-36(32,33)15-10-8-14(34-3)9-11-15/h4-13,20,28-29H,1-3H3. The fraction of sp³-hybridized carbons (Fsp3) is 0.250. The number of sulfonamides is 1. The second-order valence-corrected chi connectivity index (χ2v) is 9.65. The number of fused-ring (bicyclic) bond motifs is 1. The van der Waals surface area contributed by atoms with Crippen molar-refractivity contribution in [2.45, 2.75) is 36.9 Å². The van der Waals surface area contributed by atoms with E-state index >= 15 is 0 Å². The Morgan fingerprint density at radius 3 is 2.11 bits per heavy atom. The molecule has 0 bridgehead atoms. The molecule has 0 aliphatic heterocycles. The Hall–Kier alpha value is -3.80. The van der Waals surface area contributed by atoms with Gasteiger partial charge in [0, 0.05) is 16.3 Å². The number of alkyl halides is 3. The fourth-order valence-electron chi connectivity index (χ4n) is 3.48. The minimum atomic E-state index is -5.44. The number of phenolic OH excluding ortho intramolecular Hbond substituents is 1. The number of ketones is 1. The summed E-state index contributed by atoms with van der Waals surface area (Å²) >= 11 is 0. The van der Waals surface area contributed by atoms with Gasteiger partial charge in [-0.3, -0.25) is 14.3 Å². The molecule has 12 heteroatoms. The van der Waals surface area contributed by atoms with E-state index in [0.717, 1.165) is 6.07 Å². The first-order valence-electron chi connectivity index (χ1n) is 10.5. The Morgan fingerprint density at radius 2 is 1.58 bits per heavy atom. The van der Waals surface area contributed by atoms with Gasteiger partial charge in [0.2, 0.25) is 0 Å². The van der Waals surface area contributed by atoms with Crippen molar-refractivity contribution in [3.05, 3.63) is 60.2 Å². The molecule has 0 aliphatic carbocycles. The van der Waals surface area contributed by atoms with Gasteiger partial charge in [-0.15, -0.1) is 0 Å². The molecule has 0 fully saturated rings. The fourth-order valence-corrected chi connectivity index (χ4v) is 4.55. The van der Waals surface area contributed by atoms with Gasteiger partial charge in [0.1, 0.15) is 11.5 Å². The summed E-state index contributed by atoms with van der Waals surface area (Å²) in [6, 6.07) is 11.8. The second-order valence-electron chi connectivity index (χ2n) is 7.97. The number of carbonyl (C=O) groups is 2. The van der Waals surface area contributed by atoms with Gasteiger partial charge >= 0.3 is 12.1 Å². The predicted molar refractivity (Wildman–Crippen MR) is 124 cm³/mol. The number of benzene rings is 3. The monoisotopic (exact) mass is 525 g/mol. The van der Waals surface area contributed by atoms with Crippen LogP contribution in [0.4, 0.5) is 18.9 Å². The third kappa shape index (κ3) is 5.54. The Labute approximate surface area is 204 Å². The van der Waals surface area contributed by atoms with Gasteiger partial charge in [-0.25, -0.2) is 8.42 Å². The zero-order chi connectivity index (χ0) is 26.8. The molecule has 36 heavy (non-hydrogen) atoms. The topological polar surface area (TPSA) is 119 Å². The molecule has 0 radical (unpaired) electrons. The first-order chi connectivity index (χ1) is 16.8. The summed E-state index contributed by atoms with van der Waals surface area (Å²) in [5, 5.41) is 10.8. The summed E-state index contributed by atoms with van der Waals surface area (Å²) in [5.74, 6) is -6.99. The van der Waals surface area contributed by atoms with E-state index in [0.29, 0.717) is 5.75 Å². The van der Waals surface area contributed by atoms with E-state index in [1.54, 1.807) is 0 Å². The number of ether oxygens (including phenoxy) is 2. The minimum absolute atomic E-state index is 0.0836. The number of nitrogens with one attached hydrogen (secondary N) is 1. The molecule has 0 spiro atoms. The smallest absolute Gasteiger partial charge is 0.451 e. The lowest BCUT2D eigenvalue weighted by molar-refractivity contribution is -0.178. The summed E-state index contributed by atoms with van der Waals surface area (Å²) in [4.78, 5) is 24.7. The van der Waals surface area contributed by atoms with Crippen LogP contribution in [0.2, 0.25) is 0 Å². The SMILES string of the molecule is COc1ccc(S(=O)(=O)Nc2cc(C(C(=O)OC(C)C)C(=O)C(F)(F)F)c(O)c3ccccc23)cc1. The first kappa shape index (κ1) is 26.8. The lowest BCUT2D eigenvalue weighted by Gasteiger charge is -2.21. The number of aromatic hydroxyl groups is 1. The molecule has 2 N–H and O–H groups in total. The normalized spacial score (nSPS) is 12.9. The molecule has 0 aliphatic rings. The van der Waals surface area contributed by atoms with Gasteiger partial charge in [0.25, 0.3) is 15.8 Å². The van der Waals surface area contributed by atoms with Crippen molar-refractivity contribution in [3.8, 4) is 11.5 Å². The maximum absolute atomic E-state index is 13.4. The molecule has 0 aromatic heterocycles. The molecule has 0 saturated heterocycles. The van der Waals surface area contributed by atoms with E-state index in [1.165, 1.54) is 69.5 Å². The minimum Gasteiger partial charge on any atom is -0.507 e. The molecule has 1 unspecified atom stereocenters. The van der Waals surface area contributed by atoms with Crippen LogP contribution in [0.25, 0.3) is 10.8 Å². The van der Waals surface area contributed by atoms with E-state index in [4.69, 9.17) is 9.47 Å². The number of halogens is 3. The van der Waals surface area contributed by atoms with Gasteiger partial charge in [-0.1, -0.05) is 24.3 Å². The summed E-state index contributed by atoms with van der Waals surface area (Å²) in [6.07, 6.45) is -6.31. The summed E-state index contributed by atoms with van der Waals surface area (Å²) < 4.78 is 78.5. The lowest BCUT2D eigenvalue weighted by Crippen LogP contribution is -2.35. The van der Waals surface area contributed by atoms with Crippen LogP contribution in [0, 0.1) is 0 Å². The molecular formula is C24H22F3NO7S. The third-order valence-electron chi connectivity index (χ3n) is 5.10. The molecular weight excluding hydrogens is 503 g/mol. The molecule has 3 aromatic carbocycles. The van der Waals surface area contributed by atoms with Crippen LogP contribution in [-0.4, -0.2) is 44.7 Å². The van der Waals surface area contributed by atoms with Crippen molar-refractivity contribution in [2.75, 3.05) is 11.8 Å². The molecule has 0 heterocycles. The van der Waals surface area contributed by atoms with E-state index in [9.17, 15) is 36.3 Å². The van der Waals surface area contributed by atoms with Crippen molar-refractivity contribution < 1.29 is 45.8 Å². The highest BCUT2D eigenvalue weighted by Crippen LogP contribution is 2.41. The highest BCUT2D eigenvalue weighted by Gasteiger charge is 2.49. The zero-order valence-electron chi connectivity index (χ0n) is 19.3. The molecule has 0 saturated carbocycles. The van der Waals surface area contributed by atoms with E-state index in [1.807, 2.05) is 0 Å². The summed E-state index contributed by atoms with van der Waals surface area (Å²) in [5.41, 5.74) is -1.01. The maximum atomic E-state index is 13.4. The quantitative estimate of drug-likeness (QED) is 0.252. The highest BCUT2D eigenvalue weighted by atomic mass is 32.2. The summed E-state index contributed by atoms with van der Waals surface area (Å²) in [6.45, 7) is 2.75. The Bertz CT molecular complexity index is 1400. The Morgan fingerprint density at radius 1 is 1.00 bits per heavy atom. The lowest BCUT2D eigenvalue weighted by atomic mass is 9.90. The average molecular weight is 526 g/mol. The average Bonchev–Trinajstić information content (AvgIpc) is 2.80. The molecule has 0 amide bonds. The number of hydrogen-bond donors (Lipinski definition) is 2. The number of Topliss-reactive ketones (excluding diaryl/α,β-unsaturated/α-hetero) is 1. The van der Waals surface area contributed by atoms with E-state index in [2.05, 4.69) is 4.72 Å². The number of methoxy groups -OCH3 is 1. The van der Waals surface area contributed by atoms with Crippen LogP contribution >= 0.6 is 0 Å². The molecule has 1 atom stereocenters. The third-order valence-corrected chi connectivity index (χ3v) is 6.48. The van der Waals surface area contributed by atoms with Crippen LogP contribution in [0.15, 0.2) is 59.5 Å². The predicted octanol–water partition coefficient (Wildman–Crippen LogP) is 4.52. The number of rotatable bonds is 8. The van der Waals surface area contributed by atoms with Crippen LogP contribution in [-0.2, 0) is 24.3 Å². The van der Waals surface area contributed by atoms with Gasteiger partial charge in [0.15, 0.2) is 5.92 Å². The van der Waals surface area contributed by atoms with E-state index < -0.39 is 51.3 Å². The summed E-state index contributed by atoms with van der Waals surface area (Å²) in [7, 11) is -2.89. The maximum Gasteiger partial charge on any atom is 0.451 e. The van der Waals surface area contributed by atoms with Crippen molar-refractivity contribution in [2.24, 2.45) is 0 Å². The molecule has 3 rings (SSSR count). The van der Waals surface area contributed by atoms with Crippen LogP contribution in [0.5, 0.6) is 11.5 Å². The highest BCUT2D eigenvalue weighted by molar-refractivity contribution is 7.92. The molecule has 192 valence electrons. The largest absolute Gasteiger partial charge is 0.507 e. The van der Waals surface area contributed by atoms with Crippen LogP contribution in [0.1, 0.15) is 25.3 Å². The van der Waals surface area contributed by atoms with Crippen molar-refractivity contribution in [1.29, 1.82) is 0 Å². The van der Waals surface area contributed by atoms with Crippen molar-refractivity contribution in [3.63, 3.8) is 0 Å². The van der Waals surface area contributed by atoms with Crippen molar-refractivity contribution in [1.82, 2.24) is 0 Å². The van der Waals surface area contributed by atoms with Crippen LogP contribution < -0.4 is 9.46 Å². The van der Waals surface area contributed by atoms with Gasteiger partial charge in [0.05, 0.1) is 23.8 Å².